The lowest BCUT2D eigenvalue weighted by Gasteiger charge is -2.11. The fraction of sp³-hybridized carbons (Fsp3) is 0.533. The van der Waals surface area contributed by atoms with Gasteiger partial charge in [0.1, 0.15) is 0 Å². The first-order valence-corrected chi connectivity index (χ1v) is 6.39. The van der Waals surface area contributed by atoms with Gasteiger partial charge in [0, 0.05) is 0 Å². The van der Waals surface area contributed by atoms with Crippen LogP contribution in [0.5, 0.6) is 0 Å². The maximum absolute atomic E-state index is 9.09. The molecule has 0 atom stereocenters. The highest BCUT2D eigenvalue weighted by molar-refractivity contribution is 6.00. The number of allylic oxidation sites excluding steroid dienone is 6. The van der Waals surface area contributed by atoms with Crippen LogP contribution in [0, 0.1) is 0 Å². The van der Waals surface area contributed by atoms with Crippen LogP contribution in [0.25, 0.3) is 0 Å². The molecule has 0 bridgehead atoms. The summed E-state index contributed by atoms with van der Waals surface area (Å²) in [4.78, 5) is 0. The molecule has 1 N–H and O–H groups in total. The summed E-state index contributed by atoms with van der Waals surface area (Å²) in [6.45, 7) is 6.23. The molecule has 0 radical (unpaired) electrons. The maximum Gasteiger partial charge on any atom is 0.0827 e. The van der Waals surface area contributed by atoms with Crippen LogP contribution in [-0.2, 0) is 0 Å². The van der Waals surface area contributed by atoms with Crippen molar-refractivity contribution >= 4 is 5.71 Å². The molecule has 0 aromatic heterocycles. The van der Waals surface area contributed by atoms with E-state index in [2.05, 4.69) is 37.2 Å². The number of hydrogen-bond donors (Lipinski definition) is 1. The van der Waals surface area contributed by atoms with Crippen molar-refractivity contribution in [3.05, 3.63) is 34.9 Å². The minimum atomic E-state index is 0.833. The summed E-state index contributed by atoms with van der Waals surface area (Å²) >= 11 is 0. The van der Waals surface area contributed by atoms with Gasteiger partial charge in [-0.3, -0.25) is 0 Å². The number of rotatable bonds is 0. The monoisotopic (exact) mass is 233 g/mol. The van der Waals surface area contributed by atoms with Crippen LogP contribution in [0.15, 0.2) is 40.1 Å². The van der Waals surface area contributed by atoms with Gasteiger partial charge in [0.25, 0.3) is 0 Å². The van der Waals surface area contributed by atoms with Gasteiger partial charge in [0.2, 0.25) is 0 Å². The van der Waals surface area contributed by atoms with Gasteiger partial charge in [-0.05, 0) is 63.2 Å². The number of nitrogens with zero attached hydrogens (tertiary/aromatic N) is 1. The first-order chi connectivity index (χ1) is 8.16. The molecule has 2 heteroatoms. The van der Waals surface area contributed by atoms with E-state index >= 15 is 0 Å². The third-order valence-corrected chi connectivity index (χ3v) is 3.47. The zero-order chi connectivity index (χ0) is 12.7. The van der Waals surface area contributed by atoms with Crippen LogP contribution in [0.1, 0.15) is 52.9 Å². The molecule has 1 aliphatic carbocycles. The predicted octanol–water partition coefficient (Wildman–Crippen LogP) is 4.62. The lowest BCUT2D eigenvalue weighted by molar-refractivity contribution is 0.317. The number of oxime groups is 1. The van der Waals surface area contributed by atoms with Crippen molar-refractivity contribution in [2.24, 2.45) is 5.16 Å². The zero-order valence-electron chi connectivity index (χ0n) is 11.2. The van der Waals surface area contributed by atoms with E-state index in [-0.39, 0.29) is 0 Å². The van der Waals surface area contributed by atoms with Gasteiger partial charge in [-0.15, -0.1) is 0 Å². The Hall–Kier alpha value is -1.31. The third kappa shape index (κ3) is 4.22. The molecule has 2 nitrogen and oxygen atoms in total. The molecule has 0 aromatic carbocycles. The molecular formula is C15H23NO. The van der Waals surface area contributed by atoms with E-state index < -0.39 is 0 Å². The van der Waals surface area contributed by atoms with Crippen LogP contribution < -0.4 is 0 Å². The molecule has 0 aliphatic heterocycles. The fourth-order valence-corrected chi connectivity index (χ4v) is 1.99. The van der Waals surface area contributed by atoms with E-state index in [0.717, 1.165) is 30.5 Å². The molecule has 0 aromatic rings. The van der Waals surface area contributed by atoms with Crippen LogP contribution in [-0.4, -0.2) is 10.9 Å². The molecule has 0 saturated heterocycles. The van der Waals surface area contributed by atoms with E-state index in [4.69, 9.17) is 5.21 Å². The van der Waals surface area contributed by atoms with Gasteiger partial charge < -0.3 is 5.21 Å². The Morgan fingerprint density at radius 3 is 2.53 bits per heavy atom. The quantitative estimate of drug-likeness (QED) is 0.480. The predicted molar refractivity (Wildman–Crippen MR) is 73.6 cm³/mol. The molecule has 0 spiro atoms. The van der Waals surface area contributed by atoms with Gasteiger partial charge in [-0.2, -0.15) is 0 Å². The van der Waals surface area contributed by atoms with Crippen LogP contribution in [0.2, 0.25) is 0 Å². The van der Waals surface area contributed by atoms with Crippen molar-refractivity contribution < 1.29 is 5.21 Å². The highest BCUT2D eigenvalue weighted by Gasteiger charge is 2.08. The molecule has 0 fully saturated rings. The van der Waals surface area contributed by atoms with E-state index in [1.807, 2.05) is 6.92 Å². The van der Waals surface area contributed by atoms with Crippen molar-refractivity contribution in [2.75, 3.05) is 0 Å². The average Bonchev–Trinajstić information content (AvgIpc) is 2.34. The Bertz CT molecular complexity index is 362. The second-order valence-corrected chi connectivity index (χ2v) is 4.67. The molecule has 94 valence electrons. The minimum absolute atomic E-state index is 0.833. The SMILES string of the molecule is CC1=C/C=C/CCCCCC(=N\O)\C(C)=C\1C. The standard InChI is InChI=1S/C15H23NO/c1-12-10-8-6-4-5-7-9-11-15(16-17)14(3)13(12)2/h6,8,10,17H,4-5,7,9,11H2,1-3H3/b8-6+,12-10-,14-13+,16-15-. The minimum Gasteiger partial charge on any atom is -0.411 e. The lowest BCUT2D eigenvalue weighted by Crippen LogP contribution is -2.04. The maximum atomic E-state index is 9.09. The summed E-state index contributed by atoms with van der Waals surface area (Å²) in [5, 5.41) is 12.5. The van der Waals surface area contributed by atoms with Gasteiger partial charge in [0.15, 0.2) is 0 Å². The molecule has 17 heavy (non-hydrogen) atoms. The van der Waals surface area contributed by atoms with Crippen molar-refractivity contribution in [3.8, 4) is 0 Å². The third-order valence-electron chi connectivity index (χ3n) is 3.47. The molecule has 0 amide bonds. The van der Waals surface area contributed by atoms with Gasteiger partial charge in [-0.1, -0.05) is 29.8 Å². The van der Waals surface area contributed by atoms with E-state index in [0.29, 0.717) is 0 Å². The highest BCUT2D eigenvalue weighted by Crippen LogP contribution is 2.19. The second kappa shape index (κ2) is 7.10. The lowest BCUT2D eigenvalue weighted by atomic mass is 9.96. The highest BCUT2D eigenvalue weighted by atomic mass is 16.4. The van der Waals surface area contributed by atoms with Crippen molar-refractivity contribution in [3.63, 3.8) is 0 Å². The molecule has 0 heterocycles. The Morgan fingerprint density at radius 2 is 1.82 bits per heavy atom. The largest absolute Gasteiger partial charge is 0.411 e. The van der Waals surface area contributed by atoms with E-state index in [1.165, 1.54) is 24.0 Å². The summed E-state index contributed by atoms with van der Waals surface area (Å²) in [5.74, 6) is 0. The molecule has 0 saturated carbocycles. The summed E-state index contributed by atoms with van der Waals surface area (Å²) < 4.78 is 0. The zero-order valence-corrected chi connectivity index (χ0v) is 11.2. The Kier molecular flexibility index (Phi) is 5.75. The van der Waals surface area contributed by atoms with E-state index in [9.17, 15) is 0 Å². The van der Waals surface area contributed by atoms with Gasteiger partial charge in [-0.25, -0.2) is 0 Å². The fourth-order valence-electron chi connectivity index (χ4n) is 1.99. The first-order valence-electron chi connectivity index (χ1n) is 6.39. The number of hydrogen-bond acceptors (Lipinski definition) is 2. The molecular weight excluding hydrogens is 210 g/mol. The summed E-state index contributed by atoms with van der Waals surface area (Å²) in [6, 6.07) is 0. The van der Waals surface area contributed by atoms with Crippen molar-refractivity contribution in [1.82, 2.24) is 0 Å². The van der Waals surface area contributed by atoms with Crippen molar-refractivity contribution in [1.29, 1.82) is 0 Å². The average molecular weight is 233 g/mol. The molecule has 0 unspecified atom stereocenters. The first kappa shape index (κ1) is 13.8. The summed E-state index contributed by atoms with van der Waals surface area (Å²) in [7, 11) is 0. The Balaban J connectivity index is 3.03. The second-order valence-electron chi connectivity index (χ2n) is 4.67. The van der Waals surface area contributed by atoms with Crippen molar-refractivity contribution in [2.45, 2.75) is 52.9 Å². The molecule has 1 aliphatic rings. The van der Waals surface area contributed by atoms with Gasteiger partial charge >= 0.3 is 0 Å². The van der Waals surface area contributed by atoms with Crippen LogP contribution in [0.3, 0.4) is 0 Å². The Morgan fingerprint density at radius 1 is 1.06 bits per heavy atom. The molecule has 1 rings (SSSR count). The van der Waals surface area contributed by atoms with Crippen LogP contribution in [0.4, 0.5) is 0 Å². The van der Waals surface area contributed by atoms with Crippen LogP contribution >= 0.6 is 0 Å². The Labute approximate surface area is 104 Å². The summed E-state index contributed by atoms with van der Waals surface area (Å²) in [5.41, 5.74) is 4.39. The van der Waals surface area contributed by atoms with E-state index in [1.54, 1.807) is 0 Å². The summed E-state index contributed by atoms with van der Waals surface area (Å²) in [6.07, 6.45) is 12.0. The van der Waals surface area contributed by atoms with Gasteiger partial charge in [0.05, 0.1) is 5.71 Å². The topological polar surface area (TPSA) is 32.6 Å². The smallest absolute Gasteiger partial charge is 0.0827 e. The normalized spacial score (nSPS) is 31.2.